The molecule has 0 saturated heterocycles. The Morgan fingerprint density at radius 1 is 1.38 bits per heavy atom. The van der Waals surface area contributed by atoms with Crippen LogP contribution in [0.1, 0.15) is 0 Å². The lowest BCUT2D eigenvalue weighted by Gasteiger charge is -1.94. The molecule has 4 nitrogen and oxygen atoms in total. The molecule has 2 rings (SSSR count). The minimum atomic E-state index is -0.313. The van der Waals surface area contributed by atoms with E-state index in [1.54, 1.807) is 12.1 Å². The van der Waals surface area contributed by atoms with E-state index >= 15 is 0 Å². The van der Waals surface area contributed by atoms with Crippen LogP contribution in [-0.2, 0) is 0 Å². The predicted octanol–water partition coefficient (Wildman–Crippen LogP) is 1.19. The molecule has 0 aliphatic heterocycles. The summed E-state index contributed by atoms with van der Waals surface area (Å²) in [6.07, 6.45) is 0. The Kier molecular flexibility index (Phi) is 1.70. The number of benzene rings is 1. The number of aromatic nitrogens is 3. The maximum atomic E-state index is 12.8. The third-order valence-electron chi connectivity index (χ3n) is 1.60. The molecule has 0 aliphatic rings. The van der Waals surface area contributed by atoms with Gasteiger partial charge in [-0.2, -0.15) is 4.98 Å². The third kappa shape index (κ3) is 1.48. The number of nitrogens with one attached hydrogen (secondary N) is 1. The molecule has 0 radical (unpaired) electrons. The van der Waals surface area contributed by atoms with Crippen molar-refractivity contribution in [3.8, 4) is 11.4 Å². The molecule has 0 fully saturated rings. The second-order valence-corrected chi connectivity index (χ2v) is 2.55. The van der Waals surface area contributed by atoms with Crippen molar-refractivity contribution in [3.05, 3.63) is 30.1 Å². The molecular weight excluding hydrogens is 171 g/mol. The van der Waals surface area contributed by atoms with Crippen LogP contribution in [0.2, 0.25) is 0 Å². The van der Waals surface area contributed by atoms with Gasteiger partial charge in [0.1, 0.15) is 5.82 Å². The quantitative estimate of drug-likeness (QED) is 0.689. The van der Waals surface area contributed by atoms with Crippen LogP contribution in [0.5, 0.6) is 0 Å². The number of nitrogens with two attached hydrogens (primary N) is 1. The minimum Gasteiger partial charge on any atom is -0.366 e. The van der Waals surface area contributed by atoms with Gasteiger partial charge >= 0.3 is 0 Å². The number of rotatable bonds is 1. The fraction of sp³-hybridized carbons (Fsp3) is 0. The van der Waals surface area contributed by atoms with Crippen molar-refractivity contribution in [1.29, 1.82) is 0 Å². The van der Waals surface area contributed by atoms with Gasteiger partial charge in [0.15, 0.2) is 5.82 Å². The fourth-order valence-electron chi connectivity index (χ4n) is 1.04. The first-order chi connectivity index (χ1) is 6.25. The Balaban J connectivity index is 2.46. The van der Waals surface area contributed by atoms with E-state index in [0.717, 1.165) is 0 Å². The van der Waals surface area contributed by atoms with E-state index in [9.17, 15) is 4.39 Å². The molecule has 66 valence electrons. The number of aromatic amines is 1. The number of H-pyrrole nitrogens is 1. The van der Waals surface area contributed by atoms with Gasteiger partial charge in [0.05, 0.1) is 0 Å². The largest absolute Gasteiger partial charge is 0.366 e. The summed E-state index contributed by atoms with van der Waals surface area (Å²) in [5.74, 6) is 0.309. The Bertz CT molecular complexity index is 424. The first-order valence-corrected chi connectivity index (χ1v) is 3.69. The molecule has 13 heavy (non-hydrogen) atoms. The first-order valence-electron chi connectivity index (χ1n) is 3.69. The average molecular weight is 178 g/mol. The minimum absolute atomic E-state index is 0.152. The molecule has 0 bridgehead atoms. The van der Waals surface area contributed by atoms with Gasteiger partial charge in [-0.15, -0.1) is 5.10 Å². The van der Waals surface area contributed by atoms with Gasteiger partial charge in [-0.1, -0.05) is 12.1 Å². The van der Waals surface area contributed by atoms with E-state index in [4.69, 9.17) is 5.73 Å². The fourth-order valence-corrected chi connectivity index (χ4v) is 1.04. The number of nitrogens with zero attached hydrogens (tertiary/aromatic N) is 2. The van der Waals surface area contributed by atoms with Gasteiger partial charge < -0.3 is 5.73 Å². The molecule has 0 unspecified atom stereocenters. The lowest BCUT2D eigenvalue weighted by molar-refractivity contribution is 0.628. The summed E-state index contributed by atoms with van der Waals surface area (Å²) >= 11 is 0. The Hall–Kier alpha value is -1.91. The molecule has 5 heteroatoms. The van der Waals surface area contributed by atoms with Crippen molar-refractivity contribution >= 4 is 5.95 Å². The highest BCUT2D eigenvalue weighted by atomic mass is 19.1. The second-order valence-electron chi connectivity index (χ2n) is 2.55. The lowest BCUT2D eigenvalue weighted by Crippen LogP contribution is -1.85. The molecular formula is C8H7FN4. The smallest absolute Gasteiger partial charge is 0.239 e. The summed E-state index contributed by atoms with van der Waals surface area (Å²) < 4.78 is 12.8. The third-order valence-corrected chi connectivity index (χ3v) is 1.60. The highest BCUT2D eigenvalue weighted by molar-refractivity contribution is 5.55. The normalized spacial score (nSPS) is 10.2. The number of anilines is 1. The Morgan fingerprint density at radius 3 is 2.85 bits per heavy atom. The zero-order valence-electron chi connectivity index (χ0n) is 6.66. The van der Waals surface area contributed by atoms with E-state index in [-0.39, 0.29) is 11.8 Å². The van der Waals surface area contributed by atoms with Gasteiger partial charge in [-0.05, 0) is 12.1 Å². The van der Waals surface area contributed by atoms with Crippen molar-refractivity contribution < 1.29 is 4.39 Å². The molecule has 2 aromatic rings. The number of hydrogen-bond acceptors (Lipinski definition) is 3. The molecule has 1 heterocycles. The van der Waals surface area contributed by atoms with Crippen LogP contribution in [0.15, 0.2) is 24.3 Å². The Morgan fingerprint density at radius 2 is 2.23 bits per heavy atom. The first kappa shape index (κ1) is 7.72. The molecule has 0 aliphatic carbocycles. The van der Waals surface area contributed by atoms with Gasteiger partial charge in [0, 0.05) is 5.56 Å². The standard InChI is InChI=1S/C8H7FN4/c9-6-3-1-2-5(4-6)7-11-8(10)13-12-7/h1-4H,(H3,10,11,12,13). The molecule has 0 saturated carbocycles. The summed E-state index contributed by atoms with van der Waals surface area (Å²) in [5.41, 5.74) is 5.94. The van der Waals surface area contributed by atoms with Crippen molar-refractivity contribution in [1.82, 2.24) is 15.2 Å². The van der Waals surface area contributed by atoms with Crippen LogP contribution in [-0.4, -0.2) is 15.2 Å². The van der Waals surface area contributed by atoms with Crippen LogP contribution in [0.3, 0.4) is 0 Å². The van der Waals surface area contributed by atoms with Crippen molar-refractivity contribution in [3.63, 3.8) is 0 Å². The van der Waals surface area contributed by atoms with Crippen molar-refractivity contribution in [2.45, 2.75) is 0 Å². The number of nitrogen functional groups attached to an aromatic ring is 1. The molecule has 1 aromatic heterocycles. The molecule has 0 spiro atoms. The summed E-state index contributed by atoms with van der Waals surface area (Å²) in [7, 11) is 0. The van der Waals surface area contributed by atoms with Crippen LogP contribution >= 0.6 is 0 Å². The molecule has 3 N–H and O–H groups in total. The number of halogens is 1. The van der Waals surface area contributed by atoms with Crippen molar-refractivity contribution in [2.24, 2.45) is 0 Å². The van der Waals surface area contributed by atoms with Crippen molar-refractivity contribution in [2.75, 3.05) is 5.73 Å². The summed E-state index contributed by atoms with van der Waals surface area (Å²) in [6.45, 7) is 0. The van der Waals surface area contributed by atoms with Gasteiger partial charge in [0.2, 0.25) is 5.95 Å². The SMILES string of the molecule is Nc1n[nH]c(-c2cccc(F)c2)n1. The maximum Gasteiger partial charge on any atom is 0.239 e. The van der Waals surface area contributed by atoms with Crippen LogP contribution < -0.4 is 5.73 Å². The van der Waals surface area contributed by atoms with Gasteiger partial charge in [-0.25, -0.2) is 4.39 Å². The second kappa shape index (κ2) is 2.85. The van der Waals surface area contributed by atoms with E-state index in [1.165, 1.54) is 12.1 Å². The molecule has 0 atom stereocenters. The predicted molar refractivity (Wildman–Crippen MR) is 46.2 cm³/mol. The summed E-state index contributed by atoms with van der Waals surface area (Å²) in [5, 5.41) is 6.24. The van der Waals surface area contributed by atoms with E-state index in [2.05, 4.69) is 15.2 Å². The zero-order chi connectivity index (χ0) is 9.26. The molecule has 1 aromatic carbocycles. The van der Waals surface area contributed by atoms with E-state index in [1.807, 2.05) is 0 Å². The maximum absolute atomic E-state index is 12.8. The lowest BCUT2D eigenvalue weighted by atomic mass is 10.2. The average Bonchev–Trinajstić information content (AvgIpc) is 2.52. The topological polar surface area (TPSA) is 67.6 Å². The van der Waals surface area contributed by atoms with Gasteiger partial charge in [0.25, 0.3) is 0 Å². The summed E-state index contributed by atoms with van der Waals surface area (Å²) in [6, 6.07) is 6.05. The Labute approximate surface area is 73.6 Å². The van der Waals surface area contributed by atoms with E-state index in [0.29, 0.717) is 11.4 Å². The monoisotopic (exact) mass is 178 g/mol. The summed E-state index contributed by atoms with van der Waals surface area (Å²) in [4.78, 5) is 3.87. The van der Waals surface area contributed by atoms with Crippen LogP contribution in [0.4, 0.5) is 10.3 Å². The van der Waals surface area contributed by atoms with Crippen LogP contribution in [0.25, 0.3) is 11.4 Å². The zero-order valence-corrected chi connectivity index (χ0v) is 6.66. The highest BCUT2D eigenvalue weighted by Gasteiger charge is 2.03. The highest BCUT2D eigenvalue weighted by Crippen LogP contribution is 2.15. The number of hydrogen-bond donors (Lipinski definition) is 2. The molecule has 0 amide bonds. The van der Waals surface area contributed by atoms with E-state index < -0.39 is 0 Å². The van der Waals surface area contributed by atoms with Gasteiger partial charge in [-0.3, -0.25) is 5.10 Å². The van der Waals surface area contributed by atoms with Crippen LogP contribution in [0, 0.1) is 5.82 Å².